The molecule has 0 saturated heterocycles. The number of hydrogen-bond donors (Lipinski definition) is 0. The average molecular weight is 327 g/mol. The Bertz CT molecular complexity index is 615. The zero-order valence-electron chi connectivity index (χ0n) is 9.59. The van der Waals surface area contributed by atoms with Gasteiger partial charge in [0.25, 0.3) is 0 Å². The summed E-state index contributed by atoms with van der Waals surface area (Å²) in [6.07, 6.45) is 7.34. The van der Waals surface area contributed by atoms with Crippen molar-refractivity contribution in [2.45, 2.75) is 10.9 Å². The number of hydrogen-bond acceptors (Lipinski definition) is 5. The van der Waals surface area contributed by atoms with Crippen LogP contribution >= 0.6 is 28.7 Å². The summed E-state index contributed by atoms with van der Waals surface area (Å²) in [5.74, 6) is 1.48. The topological polar surface area (TPSA) is 60.9 Å². The highest BCUT2D eigenvalue weighted by atomic mass is 79.9. The highest BCUT2D eigenvalue weighted by molar-refractivity contribution is 8.93. The van der Waals surface area contributed by atoms with Gasteiger partial charge in [-0.2, -0.15) is 0 Å². The number of aryl methyl sites for hydroxylation is 1. The molecule has 0 spiro atoms. The lowest BCUT2D eigenvalue weighted by Gasteiger charge is -1.96. The summed E-state index contributed by atoms with van der Waals surface area (Å²) in [5, 5.41) is 8.73. The first-order valence-electron chi connectivity index (χ1n) is 5.08. The molecule has 8 heteroatoms. The fraction of sp³-hybridized carbons (Fsp3) is 0.200. The van der Waals surface area contributed by atoms with Crippen LogP contribution in [0.2, 0.25) is 0 Å². The first-order chi connectivity index (χ1) is 8.33. The van der Waals surface area contributed by atoms with Gasteiger partial charge in [-0.15, -0.1) is 27.2 Å². The lowest BCUT2D eigenvalue weighted by Crippen LogP contribution is -1.89. The molecule has 94 valence electrons. The summed E-state index contributed by atoms with van der Waals surface area (Å²) in [5.41, 5.74) is 0.983. The molecule has 3 rings (SSSR count). The summed E-state index contributed by atoms with van der Waals surface area (Å²) in [7, 11) is 1.92. The van der Waals surface area contributed by atoms with Crippen LogP contribution in [0.15, 0.2) is 36.1 Å². The van der Waals surface area contributed by atoms with E-state index in [9.17, 15) is 0 Å². The molecular weight excluding hydrogens is 316 g/mol. The predicted molar refractivity (Wildman–Crippen MR) is 73.9 cm³/mol. The average Bonchev–Trinajstić information content (AvgIpc) is 2.92. The normalized spacial score (nSPS) is 10.5. The Labute approximate surface area is 118 Å². The molecule has 0 aliphatic carbocycles. The molecule has 3 heterocycles. The van der Waals surface area contributed by atoms with Crippen molar-refractivity contribution in [1.29, 1.82) is 0 Å². The number of aromatic nitrogens is 6. The Morgan fingerprint density at radius 3 is 3.00 bits per heavy atom. The molecule has 0 saturated carbocycles. The Balaban J connectivity index is 0.00000120. The molecular formula is C10H11BrN6S. The van der Waals surface area contributed by atoms with Gasteiger partial charge in [0, 0.05) is 31.4 Å². The number of halogens is 1. The molecule has 0 unspecified atom stereocenters. The largest absolute Gasteiger partial charge is 0.312 e. The summed E-state index contributed by atoms with van der Waals surface area (Å²) in [6.45, 7) is 0. The molecule has 0 amide bonds. The zero-order valence-corrected chi connectivity index (χ0v) is 12.1. The van der Waals surface area contributed by atoms with Gasteiger partial charge in [0.1, 0.15) is 6.33 Å². The highest BCUT2D eigenvalue weighted by Crippen LogP contribution is 2.19. The summed E-state index contributed by atoms with van der Waals surface area (Å²) >= 11 is 1.61. The van der Waals surface area contributed by atoms with E-state index in [4.69, 9.17) is 0 Å². The van der Waals surface area contributed by atoms with Gasteiger partial charge in [-0.3, -0.25) is 4.40 Å². The number of fused-ring (bicyclic) bond motifs is 1. The third-order valence-electron chi connectivity index (χ3n) is 2.30. The fourth-order valence-electron chi connectivity index (χ4n) is 1.49. The zero-order chi connectivity index (χ0) is 11.7. The second-order valence-corrected chi connectivity index (χ2v) is 4.51. The van der Waals surface area contributed by atoms with Gasteiger partial charge in [-0.05, 0) is 6.07 Å². The van der Waals surface area contributed by atoms with Crippen LogP contribution < -0.4 is 0 Å². The van der Waals surface area contributed by atoms with Crippen LogP contribution in [0.3, 0.4) is 0 Å². The number of nitrogens with zero attached hydrogens (tertiary/aromatic N) is 6. The van der Waals surface area contributed by atoms with E-state index in [1.165, 1.54) is 0 Å². The second-order valence-electron chi connectivity index (χ2n) is 3.57. The van der Waals surface area contributed by atoms with E-state index in [2.05, 4.69) is 20.2 Å². The fourth-order valence-corrected chi connectivity index (χ4v) is 2.26. The van der Waals surface area contributed by atoms with Crippen LogP contribution in [0.25, 0.3) is 5.78 Å². The first-order valence-corrected chi connectivity index (χ1v) is 6.07. The van der Waals surface area contributed by atoms with Crippen molar-refractivity contribution in [3.05, 3.63) is 36.7 Å². The Hall–Kier alpha value is -1.41. The SMILES string of the molecule is Br.Cn1cnnc1SCc1cn2cccnc2n1. The summed E-state index contributed by atoms with van der Waals surface area (Å²) in [6, 6.07) is 1.88. The lowest BCUT2D eigenvalue weighted by molar-refractivity contribution is 0.788. The van der Waals surface area contributed by atoms with Crippen molar-refractivity contribution in [2.75, 3.05) is 0 Å². The Morgan fingerprint density at radius 2 is 2.28 bits per heavy atom. The smallest absolute Gasteiger partial charge is 0.233 e. The quantitative estimate of drug-likeness (QED) is 0.686. The molecule has 0 aromatic carbocycles. The minimum Gasteiger partial charge on any atom is -0.312 e. The van der Waals surface area contributed by atoms with Gasteiger partial charge in [0.05, 0.1) is 5.69 Å². The van der Waals surface area contributed by atoms with E-state index in [1.807, 2.05) is 34.5 Å². The van der Waals surface area contributed by atoms with Crippen LogP contribution in [0.1, 0.15) is 5.69 Å². The summed E-state index contributed by atoms with van der Waals surface area (Å²) < 4.78 is 3.80. The maximum Gasteiger partial charge on any atom is 0.233 e. The molecule has 0 aliphatic heterocycles. The van der Waals surface area contributed by atoms with Gasteiger partial charge >= 0.3 is 0 Å². The van der Waals surface area contributed by atoms with Crippen LogP contribution in [-0.4, -0.2) is 29.1 Å². The summed E-state index contributed by atoms with van der Waals surface area (Å²) in [4.78, 5) is 8.59. The second kappa shape index (κ2) is 5.49. The third kappa shape index (κ3) is 2.54. The predicted octanol–water partition coefficient (Wildman–Crippen LogP) is 1.73. The Morgan fingerprint density at radius 1 is 1.39 bits per heavy atom. The van der Waals surface area contributed by atoms with Gasteiger partial charge < -0.3 is 4.57 Å². The third-order valence-corrected chi connectivity index (χ3v) is 3.37. The van der Waals surface area contributed by atoms with Gasteiger partial charge in [0.2, 0.25) is 5.78 Å². The van der Waals surface area contributed by atoms with E-state index in [0.29, 0.717) is 0 Å². The van der Waals surface area contributed by atoms with Crippen molar-refractivity contribution in [3.63, 3.8) is 0 Å². The van der Waals surface area contributed by atoms with Crippen LogP contribution in [-0.2, 0) is 12.8 Å². The van der Waals surface area contributed by atoms with E-state index in [-0.39, 0.29) is 17.0 Å². The van der Waals surface area contributed by atoms with E-state index in [1.54, 1.807) is 24.3 Å². The molecule has 3 aromatic heterocycles. The molecule has 0 radical (unpaired) electrons. The molecule has 0 aliphatic rings. The number of imidazole rings is 1. The maximum atomic E-state index is 4.42. The maximum absolute atomic E-state index is 4.42. The molecule has 3 aromatic rings. The van der Waals surface area contributed by atoms with E-state index in [0.717, 1.165) is 22.4 Å². The van der Waals surface area contributed by atoms with Crippen molar-refractivity contribution < 1.29 is 0 Å². The highest BCUT2D eigenvalue weighted by Gasteiger charge is 2.05. The lowest BCUT2D eigenvalue weighted by atomic mass is 10.6. The van der Waals surface area contributed by atoms with Gasteiger partial charge in [-0.25, -0.2) is 9.97 Å². The first kappa shape index (κ1) is 13.0. The minimum atomic E-state index is 0. The van der Waals surface area contributed by atoms with Crippen molar-refractivity contribution in [1.82, 2.24) is 29.1 Å². The molecule has 18 heavy (non-hydrogen) atoms. The number of thioether (sulfide) groups is 1. The van der Waals surface area contributed by atoms with Crippen LogP contribution in [0.5, 0.6) is 0 Å². The van der Waals surface area contributed by atoms with Gasteiger partial charge in [-0.1, -0.05) is 11.8 Å². The monoisotopic (exact) mass is 326 g/mol. The van der Waals surface area contributed by atoms with E-state index < -0.39 is 0 Å². The minimum absolute atomic E-state index is 0. The molecule has 0 N–H and O–H groups in total. The Kier molecular flexibility index (Phi) is 3.97. The number of rotatable bonds is 3. The molecule has 0 fully saturated rings. The molecule has 0 bridgehead atoms. The standard InChI is InChI=1S/C10H10N6S.BrH/c1-15-7-12-14-10(15)17-6-8-5-16-4-2-3-11-9(16)13-8;/h2-5,7H,6H2,1H3;1H. The van der Waals surface area contributed by atoms with Crippen molar-refractivity contribution in [2.24, 2.45) is 7.05 Å². The van der Waals surface area contributed by atoms with Crippen LogP contribution in [0.4, 0.5) is 0 Å². The van der Waals surface area contributed by atoms with Crippen LogP contribution in [0, 0.1) is 0 Å². The van der Waals surface area contributed by atoms with E-state index >= 15 is 0 Å². The molecule has 0 atom stereocenters. The van der Waals surface area contributed by atoms with Crippen molar-refractivity contribution >= 4 is 34.5 Å². The molecule has 6 nitrogen and oxygen atoms in total. The van der Waals surface area contributed by atoms with Gasteiger partial charge in [0.15, 0.2) is 5.16 Å². The van der Waals surface area contributed by atoms with Crippen molar-refractivity contribution in [3.8, 4) is 0 Å².